The van der Waals surface area contributed by atoms with Crippen molar-refractivity contribution in [2.45, 2.75) is 9.79 Å². The van der Waals surface area contributed by atoms with Crippen LogP contribution in [0.15, 0.2) is 210 Å². The predicted octanol–water partition coefficient (Wildman–Crippen LogP) is 15.5. The van der Waals surface area contributed by atoms with Crippen molar-refractivity contribution in [1.29, 1.82) is 0 Å². The van der Waals surface area contributed by atoms with E-state index >= 15 is 0 Å². The largest absolute Gasteiger partial charge is 0.309 e. The first-order chi connectivity index (χ1) is 29.2. The fraction of sp³-hybridized carbons (Fsp3) is 0. The van der Waals surface area contributed by atoms with E-state index in [1.54, 1.807) is 0 Å². The van der Waals surface area contributed by atoms with Crippen molar-refractivity contribution < 1.29 is 0 Å². The van der Waals surface area contributed by atoms with Crippen LogP contribution in [0.4, 0.5) is 0 Å². The Morgan fingerprint density at radius 3 is 1.27 bits per heavy atom. The molecule has 0 fully saturated rings. The average Bonchev–Trinajstić information content (AvgIpc) is 4.02. The molecule has 4 aromatic heterocycles. The standard InChI is InChI=1S/C54H33N3S2/c1-2-12-34(13-3-1)55-47-18-8-4-14-39(47)43-30-35(22-26-50(43)55)56-48-19-9-5-15-40(48)44-32-37(24-27-51(44)56)58-38-25-28-52-45(33-38)41-16-6-10-20-49(41)57(52)36-23-29-54-46(31-36)42-17-7-11-21-53(42)59-54/h1-33H. The van der Waals surface area contributed by atoms with E-state index in [1.165, 1.54) is 107 Å². The summed E-state index contributed by atoms with van der Waals surface area (Å²) in [7, 11) is 0. The van der Waals surface area contributed by atoms with Gasteiger partial charge in [0.15, 0.2) is 0 Å². The van der Waals surface area contributed by atoms with E-state index in [4.69, 9.17) is 0 Å². The second-order valence-electron chi connectivity index (χ2n) is 15.3. The van der Waals surface area contributed by atoms with Crippen LogP contribution in [0.3, 0.4) is 0 Å². The molecular weight excluding hydrogens is 755 g/mol. The molecule has 0 atom stereocenters. The smallest absolute Gasteiger partial charge is 0.0542 e. The molecule has 3 nitrogen and oxygen atoms in total. The first kappa shape index (κ1) is 33.0. The summed E-state index contributed by atoms with van der Waals surface area (Å²) < 4.78 is 9.90. The van der Waals surface area contributed by atoms with Crippen LogP contribution in [-0.4, -0.2) is 13.7 Å². The van der Waals surface area contributed by atoms with Crippen LogP contribution in [0.1, 0.15) is 0 Å². The van der Waals surface area contributed by atoms with Crippen molar-refractivity contribution in [3.8, 4) is 17.1 Å². The van der Waals surface area contributed by atoms with E-state index in [0.29, 0.717) is 0 Å². The summed E-state index contributed by atoms with van der Waals surface area (Å²) in [6, 6.07) is 73.6. The van der Waals surface area contributed by atoms with Gasteiger partial charge in [-0.2, -0.15) is 0 Å². The van der Waals surface area contributed by atoms with Gasteiger partial charge in [-0.05, 0) is 109 Å². The lowest BCUT2D eigenvalue weighted by Crippen LogP contribution is -1.95. The Morgan fingerprint density at radius 1 is 0.271 bits per heavy atom. The minimum absolute atomic E-state index is 1.16. The van der Waals surface area contributed by atoms with Crippen molar-refractivity contribution in [2.75, 3.05) is 0 Å². The molecule has 0 radical (unpaired) electrons. The summed E-state index contributed by atoms with van der Waals surface area (Å²) in [6.45, 7) is 0. The predicted molar refractivity (Wildman–Crippen MR) is 253 cm³/mol. The Morgan fingerprint density at radius 2 is 0.678 bits per heavy atom. The number of nitrogens with zero attached hydrogens (tertiary/aromatic N) is 3. The summed E-state index contributed by atoms with van der Waals surface area (Å²) in [6.07, 6.45) is 0. The van der Waals surface area contributed by atoms with Gasteiger partial charge in [0.2, 0.25) is 0 Å². The molecule has 5 heteroatoms. The maximum atomic E-state index is 2.43. The lowest BCUT2D eigenvalue weighted by atomic mass is 10.1. The Kier molecular flexibility index (Phi) is 7.11. The number of fused-ring (bicyclic) bond motifs is 12. The Hall–Kier alpha value is -7.05. The van der Waals surface area contributed by atoms with Crippen molar-refractivity contribution in [1.82, 2.24) is 13.7 Å². The van der Waals surface area contributed by atoms with Crippen LogP contribution in [0.5, 0.6) is 0 Å². The number of thiophene rings is 1. The highest BCUT2D eigenvalue weighted by Gasteiger charge is 2.18. The zero-order chi connectivity index (χ0) is 38.6. The number of aromatic nitrogens is 3. The number of rotatable bonds is 5. The van der Waals surface area contributed by atoms with Gasteiger partial charge in [0.1, 0.15) is 0 Å². The minimum Gasteiger partial charge on any atom is -0.309 e. The van der Waals surface area contributed by atoms with Gasteiger partial charge >= 0.3 is 0 Å². The average molecular weight is 788 g/mol. The molecule has 0 bridgehead atoms. The summed E-state index contributed by atoms with van der Waals surface area (Å²) >= 11 is 3.70. The third-order valence-electron chi connectivity index (χ3n) is 12.1. The quantitative estimate of drug-likeness (QED) is 0.170. The van der Waals surface area contributed by atoms with E-state index in [9.17, 15) is 0 Å². The number of para-hydroxylation sites is 4. The molecule has 0 aliphatic carbocycles. The van der Waals surface area contributed by atoms with Crippen LogP contribution in [0, 0.1) is 0 Å². The van der Waals surface area contributed by atoms with E-state index in [-0.39, 0.29) is 0 Å². The summed E-state index contributed by atoms with van der Waals surface area (Å²) in [5, 5.41) is 10.2. The first-order valence-electron chi connectivity index (χ1n) is 20.0. The molecule has 0 N–H and O–H groups in total. The molecule has 0 aliphatic heterocycles. The van der Waals surface area contributed by atoms with Crippen LogP contribution < -0.4 is 0 Å². The molecule has 9 aromatic carbocycles. The minimum atomic E-state index is 1.16. The number of hydrogen-bond donors (Lipinski definition) is 0. The van der Waals surface area contributed by atoms with Crippen LogP contribution in [0.25, 0.3) is 103 Å². The third kappa shape index (κ3) is 4.96. The zero-order valence-electron chi connectivity index (χ0n) is 31.7. The molecule has 59 heavy (non-hydrogen) atoms. The normalized spacial score (nSPS) is 12.1. The maximum Gasteiger partial charge on any atom is 0.0542 e. The van der Waals surface area contributed by atoms with Gasteiger partial charge < -0.3 is 13.7 Å². The summed E-state index contributed by atoms with van der Waals surface area (Å²) in [5.74, 6) is 0. The molecule has 0 spiro atoms. The maximum absolute atomic E-state index is 2.43. The summed E-state index contributed by atoms with van der Waals surface area (Å²) in [5.41, 5.74) is 10.8. The Labute approximate surface area is 347 Å². The molecule has 0 unspecified atom stereocenters. The molecule has 276 valence electrons. The first-order valence-corrected chi connectivity index (χ1v) is 21.6. The molecule has 13 rings (SSSR count). The SMILES string of the molecule is c1ccc(-n2c3ccccc3c3cc(-n4c5ccccc5c5cc(Sc6ccc7c(c6)c6ccccc6n7-c6ccc7sc8ccccc8c7c6)ccc54)ccc32)cc1. The van der Waals surface area contributed by atoms with Crippen molar-refractivity contribution in [2.24, 2.45) is 0 Å². The third-order valence-corrected chi connectivity index (χ3v) is 14.2. The van der Waals surface area contributed by atoms with Crippen LogP contribution in [-0.2, 0) is 0 Å². The molecule has 4 heterocycles. The fourth-order valence-electron chi connectivity index (χ4n) is 9.53. The molecule has 0 amide bonds. The topological polar surface area (TPSA) is 14.8 Å². The lowest BCUT2D eigenvalue weighted by molar-refractivity contribution is 1.16. The van der Waals surface area contributed by atoms with E-state index in [2.05, 4.69) is 214 Å². The van der Waals surface area contributed by atoms with Crippen LogP contribution in [0.2, 0.25) is 0 Å². The molecule has 0 saturated carbocycles. The monoisotopic (exact) mass is 787 g/mol. The van der Waals surface area contributed by atoms with Gasteiger partial charge in [0, 0.05) is 79.3 Å². The summed E-state index contributed by atoms with van der Waals surface area (Å²) in [4.78, 5) is 2.45. The number of benzene rings is 9. The van der Waals surface area contributed by atoms with Gasteiger partial charge in [-0.25, -0.2) is 0 Å². The van der Waals surface area contributed by atoms with Gasteiger partial charge in [-0.15, -0.1) is 11.3 Å². The lowest BCUT2D eigenvalue weighted by Gasteiger charge is -2.10. The van der Waals surface area contributed by atoms with Gasteiger partial charge in [0.25, 0.3) is 0 Å². The van der Waals surface area contributed by atoms with Crippen molar-refractivity contribution in [3.05, 3.63) is 200 Å². The molecule has 13 aromatic rings. The Bertz CT molecular complexity index is 3820. The van der Waals surface area contributed by atoms with Gasteiger partial charge in [-0.1, -0.05) is 103 Å². The highest BCUT2D eigenvalue weighted by Crippen LogP contribution is 2.42. The van der Waals surface area contributed by atoms with Crippen LogP contribution >= 0.6 is 23.1 Å². The van der Waals surface area contributed by atoms with E-state index in [1.807, 2.05) is 23.1 Å². The van der Waals surface area contributed by atoms with Crippen molar-refractivity contribution >= 4 is 109 Å². The van der Waals surface area contributed by atoms with E-state index < -0.39 is 0 Å². The Balaban J connectivity index is 0.918. The highest BCUT2D eigenvalue weighted by atomic mass is 32.2. The molecular formula is C54H33N3S2. The highest BCUT2D eigenvalue weighted by molar-refractivity contribution is 7.99. The number of hydrogen-bond acceptors (Lipinski definition) is 2. The molecule has 0 saturated heterocycles. The fourth-order valence-corrected chi connectivity index (χ4v) is 11.5. The second-order valence-corrected chi connectivity index (χ2v) is 17.6. The second kappa shape index (κ2) is 12.7. The molecule has 0 aliphatic rings. The van der Waals surface area contributed by atoms with E-state index in [0.717, 1.165) is 5.69 Å². The van der Waals surface area contributed by atoms with Gasteiger partial charge in [0.05, 0.1) is 33.1 Å². The van der Waals surface area contributed by atoms with Crippen molar-refractivity contribution in [3.63, 3.8) is 0 Å². The zero-order valence-corrected chi connectivity index (χ0v) is 33.3. The van der Waals surface area contributed by atoms with Gasteiger partial charge in [-0.3, -0.25) is 0 Å².